The summed E-state index contributed by atoms with van der Waals surface area (Å²) in [4.78, 5) is 0. The molecule has 0 aliphatic carbocycles. The molecule has 0 nitrogen and oxygen atoms in total. The van der Waals surface area contributed by atoms with Gasteiger partial charge in [0.2, 0.25) is 0 Å². The first-order valence-electron chi connectivity index (χ1n) is 13.3. The summed E-state index contributed by atoms with van der Waals surface area (Å²) in [6, 6.07) is 68.5. The van der Waals surface area contributed by atoms with E-state index in [1.807, 2.05) is 0 Å². The Kier molecular flexibility index (Phi) is 9.41. The van der Waals surface area contributed by atoms with Gasteiger partial charge < -0.3 is 0 Å². The summed E-state index contributed by atoms with van der Waals surface area (Å²) in [7, 11) is 0. The molecule has 0 heterocycles. The molecule has 0 aliphatic rings. The van der Waals surface area contributed by atoms with Crippen LogP contribution < -0.4 is 31.8 Å². The molecular formula is C36H30P3Ru. The van der Waals surface area contributed by atoms with Crippen molar-refractivity contribution in [2.75, 3.05) is 0 Å². The average Bonchev–Trinajstić information content (AvgIpc) is 3.04. The molecule has 0 bridgehead atoms. The Morgan fingerprint density at radius 3 is 0.525 bits per heavy atom. The van der Waals surface area contributed by atoms with Gasteiger partial charge in [-0.05, 0) is 0 Å². The monoisotopic (exact) mass is 657 g/mol. The zero-order chi connectivity index (χ0) is 27.0. The molecule has 0 saturated heterocycles. The minimum atomic E-state index is -1.81. The Hall–Kier alpha value is -2.77. The molecule has 6 aromatic rings. The second-order valence-corrected chi connectivity index (χ2v) is 31.8. The summed E-state index contributed by atoms with van der Waals surface area (Å²) in [5, 5.41) is 9.01. The molecule has 0 atom stereocenters. The van der Waals surface area contributed by atoms with Gasteiger partial charge in [0, 0.05) is 0 Å². The van der Waals surface area contributed by atoms with Gasteiger partial charge in [0.15, 0.2) is 0 Å². The summed E-state index contributed by atoms with van der Waals surface area (Å²) in [5.41, 5.74) is 0. The van der Waals surface area contributed by atoms with Gasteiger partial charge in [-0.2, -0.15) is 0 Å². The predicted molar refractivity (Wildman–Crippen MR) is 177 cm³/mol. The van der Waals surface area contributed by atoms with Crippen molar-refractivity contribution in [1.29, 1.82) is 0 Å². The van der Waals surface area contributed by atoms with Crippen molar-refractivity contribution in [1.82, 2.24) is 0 Å². The van der Waals surface area contributed by atoms with Crippen LogP contribution in [-0.4, -0.2) is 0 Å². The van der Waals surface area contributed by atoms with Crippen LogP contribution in [0.2, 0.25) is 0 Å². The van der Waals surface area contributed by atoms with E-state index < -0.39 is 33.3 Å². The summed E-state index contributed by atoms with van der Waals surface area (Å²) in [6.45, 7) is 0. The molecule has 6 rings (SSSR count). The van der Waals surface area contributed by atoms with Gasteiger partial charge in [0.25, 0.3) is 0 Å². The Morgan fingerprint density at radius 1 is 0.225 bits per heavy atom. The Labute approximate surface area is 245 Å². The van der Waals surface area contributed by atoms with E-state index in [1.54, 1.807) is 0 Å². The second-order valence-electron chi connectivity index (χ2n) is 9.04. The van der Waals surface area contributed by atoms with Gasteiger partial charge in [-0.3, -0.25) is 0 Å². The number of rotatable bonds is 9. The SMILES string of the molecule is c1ccc([P](c2ccccc2)[Ru]([P](c2ccccc2)c2ccccc2)[P](c2ccccc2)c2ccccc2)cc1. The molecule has 40 heavy (non-hydrogen) atoms. The summed E-state index contributed by atoms with van der Waals surface area (Å²) in [5.74, 6) is 0. The van der Waals surface area contributed by atoms with Crippen LogP contribution in [0.15, 0.2) is 182 Å². The van der Waals surface area contributed by atoms with Crippen LogP contribution in [0.4, 0.5) is 0 Å². The van der Waals surface area contributed by atoms with Crippen LogP contribution in [0, 0.1) is 0 Å². The molecule has 6 aromatic carbocycles. The van der Waals surface area contributed by atoms with Gasteiger partial charge in [-0.15, -0.1) is 0 Å². The van der Waals surface area contributed by atoms with E-state index in [1.165, 1.54) is 31.8 Å². The normalized spacial score (nSPS) is 11.6. The van der Waals surface area contributed by atoms with E-state index in [-0.39, 0.29) is 0 Å². The fraction of sp³-hybridized carbons (Fsp3) is 0. The van der Waals surface area contributed by atoms with E-state index >= 15 is 0 Å². The molecule has 0 spiro atoms. The van der Waals surface area contributed by atoms with Crippen molar-refractivity contribution >= 4 is 50.6 Å². The first-order valence-corrected chi connectivity index (χ1v) is 23.9. The maximum absolute atomic E-state index is 2.40. The van der Waals surface area contributed by atoms with Crippen molar-refractivity contribution in [2.45, 2.75) is 0 Å². The van der Waals surface area contributed by atoms with E-state index in [0.717, 1.165) is 0 Å². The van der Waals surface area contributed by atoms with E-state index in [4.69, 9.17) is 0 Å². The van der Waals surface area contributed by atoms with E-state index in [0.29, 0.717) is 0 Å². The molecule has 0 unspecified atom stereocenters. The van der Waals surface area contributed by atoms with Crippen molar-refractivity contribution in [3.63, 3.8) is 0 Å². The summed E-state index contributed by atoms with van der Waals surface area (Å²) < 4.78 is 0. The van der Waals surface area contributed by atoms with Crippen molar-refractivity contribution in [3.05, 3.63) is 182 Å². The molecule has 0 aliphatic heterocycles. The van der Waals surface area contributed by atoms with Crippen molar-refractivity contribution in [2.24, 2.45) is 0 Å². The summed E-state index contributed by atoms with van der Waals surface area (Å²) in [6.07, 6.45) is -1.76. The fourth-order valence-electron chi connectivity index (χ4n) is 4.48. The first kappa shape index (κ1) is 27.4. The first-order chi connectivity index (χ1) is 19.9. The molecule has 0 fully saturated rings. The van der Waals surface area contributed by atoms with Gasteiger partial charge in [0.05, 0.1) is 0 Å². The molecule has 0 aromatic heterocycles. The van der Waals surface area contributed by atoms with Gasteiger partial charge >= 0.3 is 247 Å². The van der Waals surface area contributed by atoms with Crippen LogP contribution in [0.5, 0.6) is 0 Å². The predicted octanol–water partition coefficient (Wildman–Crippen LogP) is 7.75. The van der Waals surface area contributed by atoms with Crippen molar-refractivity contribution in [3.8, 4) is 0 Å². The zero-order valence-corrected chi connectivity index (χ0v) is 26.4. The standard InChI is InChI=1S/3C12H10P.Ru/c3*1-3-7-11(8-4-1)13-12-9-5-2-6-10-12;/h3*1-10H;/q3*-1;+3. The van der Waals surface area contributed by atoms with Crippen LogP contribution in [0.25, 0.3) is 0 Å². The average molecular weight is 657 g/mol. The third-order valence-corrected chi connectivity index (χ3v) is 41.0. The molecule has 0 amide bonds. The third kappa shape index (κ3) is 6.26. The Balaban J connectivity index is 1.69. The van der Waals surface area contributed by atoms with Gasteiger partial charge in [0.1, 0.15) is 0 Å². The van der Waals surface area contributed by atoms with E-state index in [9.17, 15) is 0 Å². The molecule has 4 heteroatoms. The molecule has 0 radical (unpaired) electrons. The Morgan fingerprint density at radius 2 is 0.375 bits per heavy atom. The van der Waals surface area contributed by atoms with Gasteiger partial charge in [-0.1, -0.05) is 0 Å². The quantitative estimate of drug-likeness (QED) is 0.110. The van der Waals surface area contributed by atoms with Crippen molar-refractivity contribution < 1.29 is 14.5 Å². The fourth-order valence-corrected chi connectivity index (χ4v) is 49.3. The Bertz CT molecular complexity index is 1270. The zero-order valence-electron chi connectivity index (χ0n) is 22.0. The second kappa shape index (κ2) is 13.7. The number of hydrogen-bond acceptors (Lipinski definition) is 0. The van der Waals surface area contributed by atoms with Gasteiger partial charge in [-0.25, -0.2) is 0 Å². The maximum atomic E-state index is 2.40. The number of benzene rings is 6. The van der Waals surface area contributed by atoms with Crippen LogP contribution >= 0.6 is 18.8 Å². The molecule has 0 N–H and O–H groups in total. The third-order valence-electron chi connectivity index (χ3n) is 6.28. The molecule has 0 saturated carbocycles. The van der Waals surface area contributed by atoms with E-state index in [2.05, 4.69) is 182 Å². The molecular weight excluding hydrogens is 626 g/mol. The summed E-state index contributed by atoms with van der Waals surface area (Å²) >= 11 is -1.81. The molecule has 197 valence electrons. The van der Waals surface area contributed by atoms with Crippen LogP contribution in [0.1, 0.15) is 0 Å². The van der Waals surface area contributed by atoms with Crippen LogP contribution in [0.3, 0.4) is 0 Å². The van der Waals surface area contributed by atoms with Crippen LogP contribution in [-0.2, 0) is 14.5 Å². The minimum absolute atomic E-state index is 0.587. The number of hydrogen-bond donors (Lipinski definition) is 0. The topological polar surface area (TPSA) is 0 Å².